The van der Waals surface area contributed by atoms with E-state index in [0.717, 1.165) is 43.8 Å². The Morgan fingerprint density at radius 3 is 2.17 bits per heavy atom. The van der Waals surface area contributed by atoms with Crippen LogP contribution in [0.25, 0.3) is 0 Å². The van der Waals surface area contributed by atoms with Crippen molar-refractivity contribution < 1.29 is 33.0 Å². The van der Waals surface area contributed by atoms with Crippen LogP contribution in [0, 0.1) is 0 Å². The molecule has 0 amide bonds. The number of allylic oxidation sites excluding steroid dienone is 1. The van der Waals surface area contributed by atoms with E-state index < -0.39 is 29.6 Å². The Morgan fingerprint density at radius 1 is 0.972 bits per heavy atom. The molecule has 9 heteroatoms. The molecule has 190 valence electrons. The quantitative estimate of drug-likeness (QED) is 0.589. The van der Waals surface area contributed by atoms with Crippen LogP contribution in [-0.4, -0.2) is 52.1 Å². The van der Waals surface area contributed by atoms with Gasteiger partial charge in [-0.25, -0.2) is 9.59 Å². The number of rotatable bonds is 6. The summed E-state index contributed by atoms with van der Waals surface area (Å²) in [6.07, 6.45) is -3.33. The summed E-state index contributed by atoms with van der Waals surface area (Å²) in [6.45, 7) is 3.69. The molecular formula is C27H27F3N2O4. The number of benzene rings is 2. The van der Waals surface area contributed by atoms with Gasteiger partial charge < -0.3 is 15.1 Å². The molecule has 2 N–H and O–H groups in total. The van der Waals surface area contributed by atoms with Crippen molar-refractivity contribution in [1.82, 2.24) is 9.80 Å². The van der Waals surface area contributed by atoms with E-state index in [1.165, 1.54) is 11.1 Å². The summed E-state index contributed by atoms with van der Waals surface area (Å²) in [4.78, 5) is 28.6. The highest BCUT2D eigenvalue weighted by molar-refractivity contribution is 5.98. The van der Waals surface area contributed by atoms with Crippen LogP contribution in [0.1, 0.15) is 41.5 Å². The lowest BCUT2D eigenvalue weighted by atomic mass is 9.79. The van der Waals surface area contributed by atoms with Crippen LogP contribution in [0.3, 0.4) is 0 Å². The number of fused-ring (bicyclic) bond motifs is 1. The van der Waals surface area contributed by atoms with E-state index in [2.05, 4.69) is 17.0 Å². The summed E-state index contributed by atoms with van der Waals surface area (Å²) in [6, 6.07) is 12.2. The molecule has 2 aromatic carbocycles. The lowest BCUT2D eigenvalue weighted by Gasteiger charge is -2.37. The second kappa shape index (κ2) is 9.81. The second-order valence-electron chi connectivity index (χ2n) is 9.13. The van der Waals surface area contributed by atoms with Gasteiger partial charge in [0.2, 0.25) is 0 Å². The van der Waals surface area contributed by atoms with E-state index in [4.69, 9.17) is 0 Å². The fourth-order valence-corrected chi connectivity index (χ4v) is 5.12. The Hall–Kier alpha value is -3.59. The lowest BCUT2D eigenvalue weighted by molar-refractivity contribution is -0.138. The molecule has 2 heterocycles. The average Bonchev–Trinajstić information content (AvgIpc) is 2.83. The number of carbonyl (C=O) groups is 2. The highest BCUT2D eigenvalue weighted by Gasteiger charge is 2.40. The van der Waals surface area contributed by atoms with Crippen LogP contribution in [0.2, 0.25) is 0 Å². The van der Waals surface area contributed by atoms with Gasteiger partial charge in [-0.2, -0.15) is 13.2 Å². The van der Waals surface area contributed by atoms with Gasteiger partial charge in [-0.05, 0) is 42.2 Å². The molecular weight excluding hydrogens is 473 g/mol. The van der Waals surface area contributed by atoms with Crippen molar-refractivity contribution in [3.05, 3.63) is 93.3 Å². The molecule has 1 unspecified atom stereocenters. The van der Waals surface area contributed by atoms with Crippen LogP contribution >= 0.6 is 0 Å². The third-order valence-electron chi connectivity index (χ3n) is 7.09. The molecule has 36 heavy (non-hydrogen) atoms. The minimum Gasteiger partial charge on any atom is -0.478 e. The summed E-state index contributed by atoms with van der Waals surface area (Å²) in [5.74, 6) is -3.80. The monoisotopic (exact) mass is 500 g/mol. The molecule has 0 saturated heterocycles. The number of hydrogen-bond acceptors (Lipinski definition) is 4. The number of hydrogen-bond donors (Lipinski definition) is 2. The molecule has 2 aromatic rings. The number of carboxylic acid groups (broad SMARTS) is 2. The first-order chi connectivity index (χ1) is 17.0. The van der Waals surface area contributed by atoms with Gasteiger partial charge in [0.25, 0.3) is 0 Å². The van der Waals surface area contributed by atoms with Crippen molar-refractivity contribution >= 4 is 11.9 Å². The molecule has 6 nitrogen and oxygen atoms in total. The fraction of sp³-hybridized carbons (Fsp3) is 0.333. The lowest BCUT2D eigenvalue weighted by Crippen LogP contribution is -2.36. The minimum absolute atomic E-state index is 0.127. The molecule has 0 radical (unpaired) electrons. The Labute approximate surface area is 206 Å². The highest BCUT2D eigenvalue weighted by atomic mass is 19.4. The molecule has 2 aliphatic heterocycles. The van der Waals surface area contributed by atoms with Crippen LogP contribution < -0.4 is 0 Å². The standard InChI is InChI=1S/C27H27F3N2O4/c1-16-22(25(33)34)23(18-7-9-20(10-8-18)27(28,29)30)24(26(35)36)21(31(16)2)12-14-32-13-11-17-5-3-4-6-19(17)15-32/h3-10,23H,11-15H2,1-2H3,(H,33,34)(H,35,36). The number of carboxylic acids is 2. The summed E-state index contributed by atoms with van der Waals surface area (Å²) < 4.78 is 39.3. The minimum atomic E-state index is -4.56. The summed E-state index contributed by atoms with van der Waals surface area (Å²) in [5.41, 5.74) is 2.34. The molecule has 0 spiro atoms. The van der Waals surface area contributed by atoms with E-state index in [1.54, 1.807) is 18.9 Å². The first-order valence-electron chi connectivity index (χ1n) is 11.6. The summed E-state index contributed by atoms with van der Waals surface area (Å²) >= 11 is 0. The topological polar surface area (TPSA) is 81.1 Å². The Bertz CT molecular complexity index is 1250. The second-order valence-corrected chi connectivity index (χ2v) is 9.13. The van der Waals surface area contributed by atoms with Crippen molar-refractivity contribution in [3.63, 3.8) is 0 Å². The predicted octanol–water partition coefficient (Wildman–Crippen LogP) is 4.88. The molecule has 0 aliphatic carbocycles. The van der Waals surface area contributed by atoms with E-state index >= 15 is 0 Å². The highest BCUT2D eigenvalue weighted by Crippen LogP contribution is 2.43. The molecule has 0 bridgehead atoms. The van der Waals surface area contributed by atoms with Crippen LogP contribution in [0.15, 0.2) is 71.1 Å². The van der Waals surface area contributed by atoms with E-state index in [-0.39, 0.29) is 16.7 Å². The molecule has 1 atom stereocenters. The van der Waals surface area contributed by atoms with Gasteiger partial charge in [-0.15, -0.1) is 0 Å². The van der Waals surface area contributed by atoms with Gasteiger partial charge in [0.1, 0.15) is 0 Å². The third kappa shape index (κ3) is 4.88. The summed E-state index contributed by atoms with van der Waals surface area (Å²) in [7, 11) is 1.63. The molecule has 0 fully saturated rings. The number of aliphatic carboxylic acids is 2. The molecule has 0 aromatic heterocycles. The van der Waals surface area contributed by atoms with Crippen LogP contribution in [-0.2, 0) is 28.7 Å². The smallest absolute Gasteiger partial charge is 0.416 e. The summed E-state index contributed by atoms with van der Waals surface area (Å²) in [5, 5.41) is 20.2. The van der Waals surface area contributed by atoms with Gasteiger partial charge in [0.15, 0.2) is 0 Å². The predicted molar refractivity (Wildman–Crippen MR) is 127 cm³/mol. The normalized spacial score (nSPS) is 18.9. The van der Waals surface area contributed by atoms with E-state index in [1.807, 2.05) is 12.1 Å². The Balaban J connectivity index is 1.70. The van der Waals surface area contributed by atoms with Crippen LogP contribution in [0.5, 0.6) is 0 Å². The largest absolute Gasteiger partial charge is 0.478 e. The van der Waals surface area contributed by atoms with Crippen molar-refractivity contribution in [1.29, 1.82) is 0 Å². The van der Waals surface area contributed by atoms with E-state index in [0.29, 0.717) is 24.4 Å². The van der Waals surface area contributed by atoms with Gasteiger partial charge in [0, 0.05) is 44.5 Å². The zero-order valence-corrected chi connectivity index (χ0v) is 20.0. The Kier molecular flexibility index (Phi) is 6.95. The van der Waals surface area contributed by atoms with Gasteiger partial charge in [-0.1, -0.05) is 36.4 Å². The third-order valence-corrected chi connectivity index (χ3v) is 7.09. The number of halogens is 3. The molecule has 2 aliphatic rings. The maximum atomic E-state index is 13.1. The van der Waals surface area contributed by atoms with Crippen molar-refractivity contribution in [3.8, 4) is 0 Å². The van der Waals surface area contributed by atoms with Crippen LogP contribution in [0.4, 0.5) is 13.2 Å². The fourth-order valence-electron chi connectivity index (χ4n) is 5.12. The Morgan fingerprint density at radius 2 is 1.58 bits per heavy atom. The number of alkyl halides is 3. The van der Waals surface area contributed by atoms with Crippen molar-refractivity contribution in [2.45, 2.75) is 38.4 Å². The first kappa shape index (κ1) is 25.5. The number of nitrogens with zero attached hydrogens (tertiary/aromatic N) is 2. The van der Waals surface area contributed by atoms with Gasteiger partial charge in [-0.3, -0.25) is 4.90 Å². The first-order valence-corrected chi connectivity index (χ1v) is 11.6. The maximum Gasteiger partial charge on any atom is 0.416 e. The zero-order chi connectivity index (χ0) is 26.2. The van der Waals surface area contributed by atoms with Gasteiger partial charge >= 0.3 is 18.1 Å². The van der Waals surface area contributed by atoms with Crippen molar-refractivity contribution in [2.24, 2.45) is 0 Å². The maximum absolute atomic E-state index is 13.1. The molecule has 4 rings (SSSR count). The van der Waals surface area contributed by atoms with Crippen molar-refractivity contribution in [2.75, 3.05) is 20.1 Å². The van der Waals surface area contributed by atoms with Gasteiger partial charge in [0.05, 0.1) is 22.6 Å². The molecule has 0 saturated carbocycles. The van der Waals surface area contributed by atoms with E-state index in [9.17, 15) is 33.0 Å². The zero-order valence-electron chi connectivity index (χ0n) is 20.0. The average molecular weight is 501 g/mol. The SMILES string of the molecule is CC1=C(C(=O)O)C(c2ccc(C(F)(F)F)cc2)C(C(=O)O)=C(CCN2CCc3ccccc3C2)N1C.